The Labute approximate surface area is 191 Å². The molecule has 3 aromatic rings. The Bertz CT molecular complexity index is 1280. The molecule has 10 nitrogen and oxygen atoms in total. The van der Waals surface area contributed by atoms with Crippen LogP contribution in [0.5, 0.6) is 0 Å². The molecule has 0 saturated carbocycles. The van der Waals surface area contributed by atoms with Gasteiger partial charge in [-0.1, -0.05) is 0 Å². The first-order valence-corrected chi connectivity index (χ1v) is 9.99. The van der Waals surface area contributed by atoms with Gasteiger partial charge in [0.05, 0.1) is 34.7 Å². The fraction of sp³-hybridized carbons (Fsp3) is 0.167. The van der Waals surface area contributed by atoms with Crippen LogP contribution in [0.4, 0.5) is 23.4 Å². The van der Waals surface area contributed by atoms with E-state index in [9.17, 15) is 22.4 Å². The van der Waals surface area contributed by atoms with Crippen molar-refractivity contribution in [1.29, 1.82) is 0 Å². The van der Waals surface area contributed by atoms with E-state index >= 15 is 0 Å². The second-order valence-corrected chi connectivity index (χ2v) is 7.64. The van der Waals surface area contributed by atoms with Crippen LogP contribution in [0.3, 0.4) is 0 Å². The van der Waals surface area contributed by atoms with Crippen molar-refractivity contribution in [2.24, 2.45) is 0 Å². The van der Waals surface area contributed by atoms with E-state index < -0.39 is 46.8 Å². The maximum Gasteiger partial charge on any atom is 0.434 e. The van der Waals surface area contributed by atoms with Crippen molar-refractivity contribution in [1.82, 2.24) is 40.4 Å². The van der Waals surface area contributed by atoms with Crippen LogP contribution in [0.25, 0.3) is 11.6 Å². The van der Waals surface area contributed by atoms with Crippen LogP contribution < -0.4 is 16.4 Å². The van der Waals surface area contributed by atoms with E-state index in [0.717, 1.165) is 18.3 Å². The van der Waals surface area contributed by atoms with Crippen LogP contribution >= 0.6 is 15.9 Å². The van der Waals surface area contributed by atoms with Gasteiger partial charge in [0.2, 0.25) is 0 Å². The Morgan fingerprint density at radius 3 is 2.58 bits per heavy atom. The number of nitrogens with one attached hydrogen (secondary N) is 2. The molecule has 172 valence electrons. The van der Waals surface area contributed by atoms with Gasteiger partial charge in [-0.2, -0.15) is 28.5 Å². The Hall–Kier alpha value is -3.75. The second-order valence-electron chi connectivity index (χ2n) is 6.79. The molecule has 0 aliphatic carbocycles. The number of hydrogen-bond acceptors (Lipinski definition) is 7. The highest BCUT2D eigenvalue weighted by atomic mass is 79.9. The molecule has 0 aromatic carbocycles. The highest BCUT2D eigenvalue weighted by Crippen LogP contribution is 2.34. The lowest BCUT2D eigenvalue weighted by atomic mass is 10.1. The van der Waals surface area contributed by atoms with Gasteiger partial charge in [0.1, 0.15) is 0 Å². The third kappa shape index (κ3) is 4.30. The van der Waals surface area contributed by atoms with Gasteiger partial charge in [-0.25, -0.2) is 14.1 Å². The van der Waals surface area contributed by atoms with Crippen molar-refractivity contribution < 1.29 is 22.4 Å². The number of carbonyl (C=O) groups excluding carboxylic acids is 1. The normalized spacial score (nSPS) is 16.4. The zero-order chi connectivity index (χ0) is 23.9. The van der Waals surface area contributed by atoms with Gasteiger partial charge in [-0.15, -0.1) is 4.80 Å². The van der Waals surface area contributed by atoms with Crippen LogP contribution in [0.2, 0.25) is 0 Å². The second kappa shape index (κ2) is 8.31. The monoisotopic (exact) mass is 527 g/mol. The molecule has 4 N–H and O–H groups in total. The summed E-state index contributed by atoms with van der Waals surface area (Å²) in [7, 11) is 0. The summed E-state index contributed by atoms with van der Waals surface area (Å²) in [6.45, 7) is 1.69. The summed E-state index contributed by atoms with van der Waals surface area (Å²) in [6, 6.07) is 1.33. The first kappa shape index (κ1) is 22.4. The SMILES string of the molecule is CC1NC(n2nccn2)=C(Br)C=C1NC(=O)c1cnn(-c2ccc(F)c(N)n2)c1C(F)(F)F. The lowest BCUT2D eigenvalue weighted by Crippen LogP contribution is -2.40. The molecule has 0 spiro atoms. The Kier molecular flexibility index (Phi) is 5.65. The number of hydrogen-bond donors (Lipinski definition) is 3. The largest absolute Gasteiger partial charge is 0.434 e. The van der Waals surface area contributed by atoms with Crippen molar-refractivity contribution in [3.63, 3.8) is 0 Å². The van der Waals surface area contributed by atoms with Crippen molar-refractivity contribution in [3.05, 3.63) is 64.1 Å². The Morgan fingerprint density at radius 2 is 1.94 bits per heavy atom. The molecule has 1 aliphatic rings. The minimum absolute atomic E-state index is 0.285. The number of pyridine rings is 1. The predicted octanol–water partition coefficient (Wildman–Crippen LogP) is 2.43. The van der Waals surface area contributed by atoms with Crippen molar-refractivity contribution in [2.75, 3.05) is 5.73 Å². The first-order valence-electron chi connectivity index (χ1n) is 9.20. The predicted molar refractivity (Wildman–Crippen MR) is 111 cm³/mol. The van der Waals surface area contributed by atoms with E-state index in [0.29, 0.717) is 15.0 Å². The molecule has 4 rings (SSSR count). The topological polar surface area (TPSA) is 129 Å². The van der Waals surface area contributed by atoms with Crippen LogP contribution in [0.15, 0.2) is 47.0 Å². The van der Waals surface area contributed by atoms with Crippen molar-refractivity contribution >= 4 is 33.5 Å². The van der Waals surface area contributed by atoms with Crippen LogP contribution in [-0.4, -0.2) is 41.7 Å². The molecule has 0 radical (unpaired) electrons. The molecule has 0 fully saturated rings. The number of allylic oxidation sites excluding steroid dienone is 2. The maximum absolute atomic E-state index is 13.9. The van der Waals surface area contributed by atoms with E-state index in [1.807, 2.05) is 0 Å². The third-order valence-electron chi connectivity index (χ3n) is 4.56. The van der Waals surface area contributed by atoms with Crippen LogP contribution in [0, 0.1) is 5.82 Å². The highest BCUT2D eigenvalue weighted by molar-refractivity contribution is 9.12. The highest BCUT2D eigenvalue weighted by Gasteiger charge is 2.41. The number of aromatic nitrogens is 6. The molecular formula is C18H14BrF4N9O. The molecule has 1 atom stereocenters. The molecule has 1 amide bonds. The van der Waals surface area contributed by atoms with Crippen molar-refractivity contribution in [2.45, 2.75) is 19.1 Å². The van der Waals surface area contributed by atoms with E-state index in [1.54, 1.807) is 6.92 Å². The molecular weight excluding hydrogens is 514 g/mol. The summed E-state index contributed by atoms with van der Waals surface area (Å²) in [5, 5.41) is 17.2. The molecule has 15 heteroatoms. The molecule has 1 unspecified atom stereocenters. The summed E-state index contributed by atoms with van der Waals surface area (Å²) in [4.78, 5) is 17.7. The zero-order valence-corrected chi connectivity index (χ0v) is 18.2. The number of nitrogens with zero attached hydrogens (tertiary/aromatic N) is 6. The number of amides is 1. The lowest BCUT2D eigenvalue weighted by Gasteiger charge is -2.25. The van der Waals surface area contributed by atoms with Crippen molar-refractivity contribution in [3.8, 4) is 5.82 Å². The number of dihydropyridines is 1. The Balaban J connectivity index is 1.68. The zero-order valence-electron chi connectivity index (χ0n) is 16.6. The van der Waals surface area contributed by atoms with Gasteiger partial charge in [0, 0.05) is 5.70 Å². The number of nitrogen functional groups attached to an aromatic ring is 1. The van der Waals surface area contributed by atoms with E-state index in [1.165, 1.54) is 23.3 Å². The van der Waals surface area contributed by atoms with Gasteiger partial charge in [0.25, 0.3) is 5.91 Å². The summed E-state index contributed by atoms with van der Waals surface area (Å²) in [5.41, 5.74) is 3.51. The number of nitrogens with two attached hydrogens (primary N) is 1. The fourth-order valence-corrected chi connectivity index (χ4v) is 3.55. The minimum Gasteiger partial charge on any atom is -0.381 e. The van der Waals surface area contributed by atoms with Gasteiger partial charge < -0.3 is 16.4 Å². The molecule has 4 heterocycles. The Morgan fingerprint density at radius 1 is 1.24 bits per heavy atom. The molecule has 0 bridgehead atoms. The average Bonchev–Trinajstić information content (AvgIpc) is 3.42. The molecule has 1 aliphatic heterocycles. The van der Waals surface area contributed by atoms with Crippen LogP contribution in [-0.2, 0) is 6.18 Å². The number of halogens is 5. The fourth-order valence-electron chi connectivity index (χ4n) is 3.04. The lowest BCUT2D eigenvalue weighted by molar-refractivity contribution is -0.143. The molecule has 33 heavy (non-hydrogen) atoms. The van der Waals surface area contributed by atoms with E-state index in [4.69, 9.17) is 5.73 Å². The smallest absolute Gasteiger partial charge is 0.381 e. The first-order chi connectivity index (χ1) is 15.6. The number of anilines is 1. The summed E-state index contributed by atoms with van der Waals surface area (Å²) >= 11 is 3.33. The number of alkyl halides is 3. The number of rotatable bonds is 4. The quantitative estimate of drug-likeness (QED) is 0.444. The standard InChI is InChI=1S/C18H14BrF4N9O/c1-8-12(6-10(19)16(28-8)32-25-4-5-26-32)29-17(33)9-7-27-31(14(9)18(21,22)23)13-3-2-11(20)15(24)30-13/h2-8,28H,1H3,(H2,24,30)(H,29,33). The maximum atomic E-state index is 13.9. The van der Waals surface area contributed by atoms with Gasteiger partial charge in [-0.05, 0) is 41.1 Å². The summed E-state index contributed by atoms with van der Waals surface area (Å²) in [6.07, 6.45) is 0.252. The average molecular weight is 528 g/mol. The third-order valence-corrected chi connectivity index (χ3v) is 5.17. The summed E-state index contributed by atoms with van der Waals surface area (Å²) < 4.78 is 55.8. The molecule has 3 aromatic heterocycles. The van der Waals surface area contributed by atoms with E-state index in [2.05, 4.69) is 46.8 Å². The summed E-state index contributed by atoms with van der Waals surface area (Å²) in [5.74, 6) is -2.46. The van der Waals surface area contributed by atoms with Gasteiger partial charge in [-0.3, -0.25) is 4.79 Å². The molecule has 0 saturated heterocycles. The number of carbonyl (C=O) groups is 1. The minimum atomic E-state index is -4.97. The van der Waals surface area contributed by atoms with Crippen LogP contribution in [0.1, 0.15) is 23.0 Å². The van der Waals surface area contributed by atoms with E-state index in [-0.39, 0.29) is 5.70 Å². The van der Waals surface area contributed by atoms with Gasteiger partial charge >= 0.3 is 6.18 Å². The van der Waals surface area contributed by atoms with Gasteiger partial charge in [0.15, 0.2) is 29.0 Å².